The number of likely N-dealkylation sites (tertiary alicyclic amines) is 1. The zero-order chi connectivity index (χ0) is 14.7. The Morgan fingerprint density at radius 3 is 2.81 bits per heavy atom. The molecule has 0 aliphatic carbocycles. The minimum absolute atomic E-state index is 0.357. The van der Waals surface area contributed by atoms with Gasteiger partial charge in [-0.1, -0.05) is 30.3 Å². The second-order valence-electron chi connectivity index (χ2n) is 5.69. The van der Waals surface area contributed by atoms with Crippen molar-refractivity contribution in [3.05, 3.63) is 65.7 Å². The van der Waals surface area contributed by atoms with Crippen molar-refractivity contribution in [2.75, 3.05) is 13.1 Å². The molecule has 4 heteroatoms. The van der Waals surface area contributed by atoms with Crippen molar-refractivity contribution >= 4 is 0 Å². The number of pyridine rings is 1. The summed E-state index contributed by atoms with van der Waals surface area (Å²) in [6.07, 6.45) is 4.14. The fourth-order valence-electron chi connectivity index (χ4n) is 3.07. The Morgan fingerprint density at radius 1 is 1.24 bits per heavy atom. The van der Waals surface area contributed by atoms with Gasteiger partial charge in [-0.3, -0.25) is 9.88 Å². The van der Waals surface area contributed by atoms with Crippen LogP contribution in [0.5, 0.6) is 0 Å². The Morgan fingerprint density at radius 2 is 2.05 bits per heavy atom. The number of benzene rings is 1. The van der Waals surface area contributed by atoms with Crippen LogP contribution in [0.15, 0.2) is 48.8 Å². The fourth-order valence-corrected chi connectivity index (χ4v) is 3.07. The van der Waals surface area contributed by atoms with Crippen molar-refractivity contribution < 1.29 is 9.50 Å². The molecule has 1 N–H and O–H groups in total. The summed E-state index contributed by atoms with van der Waals surface area (Å²) in [5.41, 5.74) is 0.437. The van der Waals surface area contributed by atoms with Crippen LogP contribution in [0, 0.1) is 5.82 Å². The summed E-state index contributed by atoms with van der Waals surface area (Å²) in [5.74, 6) is -0.429. The lowest BCUT2D eigenvalue weighted by Crippen LogP contribution is -2.46. The average molecular weight is 286 g/mol. The van der Waals surface area contributed by atoms with Crippen LogP contribution < -0.4 is 0 Å². The lowest BCUT2D eigenvalue weighted by Gasteiger charge is -2.39. The Labute approximate surface area is 124 Å². The number of halogens is 1. The van der Waals surface area contributed by atoms with Crippen molar-refractivity contribution in [2.45, 2.75) is 25.0 Å². The van der Waals surface area contributed by atoms with E-state index in [1.165, 1.54) is 18.0 Å². The topological polar surface area (TPSA) is 36.4 Å². The minimum Gasteiger partial charge on any atom is -0.384 e. The lowest BCUT2D eigenvalue weighted by atomic mass is 9.86. The van der Waals surface area contributed by atoms with E-state index in [0.717, 1.165) is 19.5 Å². The van der Waals surface area contributed by atoms with E-state index in [-0.39, 0.29) is 0 Å². The van der Waals surface area contributed by atoms with Gasteiger partial charge in [-0.05, 0) is 31.0 Å². The van der Waals surface area contributed by atoms with E-state index in [0.29, 0.717) is 18.5 Å². The fraction of sp³-hybridized carbons (Fsp3) is 0.353. The van der Waals surface area contributed by atoms with Crippen molar-refractivity contribution in [1.29, 1.82) is 0 Å². The van der Waals surface area contributed by atoms with Crippen molar-refractivity contribution in [3.8, 4) is 0 Å². The summed E-state index contributed by atoms with van der Waals surface area (Å²) < 4.78 is 13.9. The number of nitrogens with zero attached hydrogens (tertiary/aromatic N) is 2. The number of rotatable bonds is 3. The monoisotopic (exact) mass is 286 g/mol. The molecule has 21 heavy (non-hydrogen) atoms. The van der Waals surface area contributed by atoms with E-state index in [2.05, 4.69) is 22.0 Å². The Hall–Kier alpha value is -1.78. The highest BCUT2D eigenvalue weighted by molar-refractivity contribution is 5.23. The van der Waals surface area contributed by atoms with Gasteiger partial charge in [0.2, 0.25) is 0 Å². The predicted molar refractivity (Wildman–Crippen MR) is 79.0 cm³/mol. The normalized spacial score (nSPS) is 23.1. The van der Waals surface area contributed by atoms with Gasteiger partial charge in [-0.25, -0.2) is 4.39 Å². The van der Waals surface area contributed by atoms with Crippen LogP contribution in [0.1, 0.15) is 24.0 Å². The summed E-state index contributed by atoms with van der Waals surface area (Å²) in [7, 11) is 0. The molecule has 1 saturated heterocycles. The Kier molecular flexibility index (Phi) is 3.99. The molecule has 1 fully saturated rings. The summed E-state index contributed by atoms with van der Waals surface area (Å²) >= 11 is 0. The zero-order valence-corrected chi connectivity index (χ0v) is 11.9. The zero-order valence-electron chi connectivity index (χ0n) is 11.9. The first-order chi connectivity index (χ1) is 10.2. The van der Waals surface area contributed by atoms with Gasteiger partial charge in [0.1, 0.15) is 11.4 Å². The van der Waals surface area contributed by atoms with Gasteiger partial charge in [-0.2, -0.15) is 0 Å². The third-order valence-corrected chi connectivity index (χ3v) is 4.07. The second-order valence-corrected chi connectivity index (χ2v) is 5.69. The number of piperidine rings is 1. The highest BCUT2D eigenvalue weighted by Crippen LogP contribution is 2.33. The van der Waals surface area contributed by atoms with E-state index in [1.807, 2.05) is 18.2 Å². The molecule has 1 atom stereocenters. The van der Waals surface area contributed by atoms with E-state index in [9.17, 15) is 9.50 Å². The maximum absolute atomic E-state index is 13.9. The first-order valence-corrected chi connectivity index (χ1v) is 7.26. The van der Waals surface area contributed by atoms with Gasteiger partial charge in [0.25, 0.3) is 0 Å². The molecule has 0 spiro atoms. The largest absolute Gasteiger partial charge is 0.384 e. The van der Waals surface area contributed by atoms with Gasteiger partial charge in [0.15, 0.2) is 0 Å². The minimum atomic E-state index is -1.12. The molecule has 3 rings (SSSR count). The molecule has 110 valence electrons. The van der Waals surface area contributed by atoms with Crippen LogP contribution >= 0.6 is 0 Å². The molecule has 3 nitrogen and oxygen atoms in total. The molecule has 1 aliphatic rings. The van der Waals surface area contributed by atoms with Crippen LogP contribution in [0.4, 0.5) is 4.39 Å². The summed E-state index contributed by atoms with van der Waals surface area (Å²) in [6, 6.07) is 11.7. The number of hydrogen-bond acceptors (Lipinski definition) is 3. The SMILES string of the molecule is OC1(c2ccncc2F)CCCN(Cc2ccccc2)C1. The van der Waals surface area contributed by atoms with Crippen LogP contribution in [0.25, 0.3) is 0 Å². The van der Waals surface area contributed by atoms with Crippen LogP contribution in [0.2, 0.25) is 0 Å². The predicted octanol–water partition coefficient (Wildman–Crippen LogP) is 2.70. The van der Waals surface area contributed by atoms with Gasteiger partial charge < -0.3 is 5.11 Å². The van der Waals surface area contributed by atoms with Crippen LogP contribution in [-0.2, 0) is 12.1 Å². The average Bonchev–Trinajstić information content (AvgIpc) is 2.49. The van der Waals surface area contributed by atoms with E-state index >= 15 is 0 Å². The summed E-state index contributed by atoms with van der Waals surface area (Å²) in [6.45, 7) is 2.14. The standard InChI is InChI=1S/C17H19FN2O/c18-16-11-19-9-7-15(16)17(21)8-4-10-20(13-17)12-14-5-2-1-3-6-14/h1-3,5-7,9,11,21H,4,8,10,12-13H2. The van der Waals surface area contributed by atoms with E-state index < -0.39 is 11.4 Å². The third-order valence-electron chi connectivity index (χ3n) is 4.07. The summed E-state index contributed by atoms with van der Waals surface area (Å²) in [4.78, 5) is 5.94. The van der Waals surface area contributed by atoms with Crippen molar-refractivity contribution in [1.82, 2.24) is 9.88 Å². The van der Waals surface area contributed by atoms with E-state index in [1.54, 1.807) is 6.07 Å². The molecule has 0 amide bonds. The number of aromatic nitrogens is 1. The smallest absolute Gasteiger partial charge is 0.147 e. The molecule has 1 unspecified atom stereocenters. The van der Waals surface area contributed by atoms with Crippen molar-refractivity contribution in [2.24, 2.45) is 0 Å². The number of β-amino-alcohol motifs (C(OH)–C–C–N with tert-alkyl or cyclic N) is 1. The second kappa shape index (κ2) is 5.92. The molecule has 2 aromatic rings. The first kappa shape index (κ1) is 14.2. The summed E-state index contributed by atoms with van der Waals surface area (Å²) in [5, 5.41) is 10.9. The molecule has 1 aromatic heterocycles. The van der Waals surface area contributed by atoms with Gasteiger partial charge in [-0.15, -0.1) is 0 Å². The molecule has 2 heterocycles. The van der Waals surface area contributed by atoms with Crippen LogP contribution in [0.3, 0.4) is 0 Å². The van der Waals surface area contributed by atoms with Gasteiger partial charge >= 0.3 is 0 Å². The third kappa shape index (κ3) is 3.12. The Bertz CT molecular complexity index is 605. The van der Waals surface area contributed by atoms with E-state index in [4.69, 9.17) is 0 Å². The highest BCUT2D eigenvalue weighted by atomic mass is 19.1. The number of aliphatic hydroxyl groups is 1. The molecule has 1 aliphatic heterocycles. The molecule has 0 saturated carbocycles. The molecule has 0 bridgehead atoms. The van der Waals surface area contributed by atoms with Gasteiger partial charge in [0.05, 0.1) is 6.20 Å². The maximum Gasteiger partial charge on any atom is 0.147 e. The number of hydrogen-bond donors (Lipinski definition) is 1. The molecule has 0 radical (unpaired) electrons. The molecular weight excluding hydrogens is 267 g/mol. The maximum atomic E-state index is 13.9. The van der Waals surface area contributed by atoms with Crippen molar-refractivity contribution in [3.63, 3.8) is 0 Å². The Balaban J connectivity index is 1.78. The lowest BCUT2D eigenvalue weighted by molar-refractivity contribution is -0.0406. The first-order valence-electron chi connectivity index (χ1n) is 7.26. The van der Waals surface area contributed by atoms with Crippen LogP contribution in [-0.4, -0.2) is 28.1 Å². The quantitative estimate of drug-likeness (QED) is 0.942. The van der Waals surface area contributed by atoms with Gasteiger partial charge in [0, 0.05) is 24.8 Å². The molecule has 1 aromatic carbocycles. The highest BCUT2D eigenvalue weighted by Gasteiger charge is 2.36. The molecular formula is C17H19FN2O.